The Hall–Kier alpha value is -0.480. The van der Waals surface area contributed by atoms with Gasteiger partial charge in [-0.1, -0.05) is 0 Å². The van der Waals surface area contributed by atoms with Crippen molar-refractivity contribution < 1.29 is 8.78 Å². The summed E-state index contributed by atoms with van der Waals surface area (Å²) in [5.41, 5.74) is 5.60. The number of nitrogens with two attached hydrogens (primary N) is 1. The summed E-state index contributed by atoms with van der Waals surface area (Å²) in [7, 11) is 0. The third-order valence-corrected chi connectivity index (χ3v) is 2.14. The smallest absolute Gasteiger partial charge is 0.137 e. The van der Waals surface area contributed by atoms with Gasteiger partial charge in [-0.15, -0.1) is 0 Å². The lowest BCUT2D eigenvalue weighted by Crippen LogP contribution is -2.08. The first kappa shape index (κ1) is 9.61. The van der Waals surface area contributed by atoms with Gasteiger partial charge in [0.05, 0.1) is 4.47 Å². The molecule has 0 bridgehead atoms. The van der Waals surface area contributed by atoms with E-state index in [9.17, 15) is 8.78 Å². The summed E-state index contributed by atoms with van der Waals surface area (Å²) in [6.07, 6.45) is 0. The van der Waals surface area contributed by atoms with Crippen LogP contribution in [-0.4, -0.2) is 0 Å². The van der Waals surface area contributed by atoms with Crippen molar-refractivity contribution in [2.24, 2.45) is 5.73 Å². The van der Waals surface area contributed by atoms with E-state index in [1.807, 2.05) is 0 Å². The highest BCUT2D eigenvalue weighted by Crippen LogP contribution is 2.22. The van der Waals surface area contributed by atoms with Crippen molar-refractivity contribution in [1.82, 2.24) is 0 Å². The summed E-state index contributed by atoms with van der Waals surface area (Å²) in [5.74, 6) is -0.984. The number of halogens is 3. The molecule has 66 valence electrons. The zero-order chi connectivity index (χ0) is 9.30. The van der Waals surface area contributed by atoms with E-state index in [4.69, 9.17) is 5.73 Å². The largest absolute Gasteiger partial charge is 0.324 e. The number of benzene rings is 1. The molecule has 0 spiro atoms. The molecule has 0 aromatic heterocycles. The van der Waals surface area contributed by atoms with E-state index >= 15 is 0 Å². The van der Waals surface area contributed by atoms with Gasteiger partial charge in [0.2, 0.25) is 0 Å². The minimum absolute atomic E-state index is 0.115. The molecule has 0 aliphatic rings. The Morgan fingerprint density at radius 3 is 2.42 bits per heavy atom. The summed E-state index contributed by atoms with van der Waals surface area (Å²) in [6.45, 7) is 1.60. The fourth-order valence-electron chi connectivity index (χ4n) is 0.887. The van der Waals surface area contributed by atoms with Crippen molar-refractivity contribution in [2.75, 3.05) is 0 Å². The molecule has 0 fully saturated rings. The highest BCUT2D eigenvalue weighted by Gasteiger charge is 2.10. The van der Waals surface area contributed by atoms with Crippen molar-refractivity contribution in [1.29, 1.82) is 0 Å². The molecule has 0 saturated heterocycles. The molecule has 0 aliphatic heterocycles. The molecule has 0 aliphatic carbocycles. The topological polar surface area (TPSA) is 26.0 Å². The van der Waals surface area contributed by atoms with E-state index in [1.54, 1.807) is 6.92 Å². The molecule has 0 radical (unpaired) electrons. The summed E-state index contributed by atoms with van der Waals surface area (Å²) < 4.78 is 26.0. The normalized spacial score (nSPS) is 13.1. The van der Waals surface area contributed by atoms with Gasteiger partial charge < -0.3 is 5.73 Å². The zero-order valence-electron chi connectivity index (χ0n) is 6.44. The van der Waals surface area contributed by atoms with E-state index < -0.39 is 17.7 Å². The molecular weight excluding hydrogens is 228 g/mol. The third kappa shape index (κ3) is 1.81. The standard InChI is InChI=1S/C8H8BrF2N/c1-4(12)5-2-8(11)6(9)3-7(5)10/h2-4H,12H2,1H3/t4-/m1/s1. The van der Waals surface area contributed by atoms with Crippen LogP contribution in [0.1, 0.15) is 18.5 Å². The van der Waals surface area contributed by atoms with Crippen LogP contribution >= 0.6 is 15.9 Å². The van der Waals surface area contributed by atoms with Gasteiger partial charge in [0.25, 0.3) is 0 Å². The molecule has 1 atom stereocenters. The van der Waals surface area contributed by atoms with Crippen molar-refractivity contribution in [3.05, 3.63) is 33.8 Å². The molecule has 1 rings (SSSR count). The van der Waals surface area contributed by atoms with Crippen LogP contribution in [-0.2, 0) is 0 Å². The van der Waals surface area contributed by atoms with Gasteiger partial charge in [-0.2, -0.15) is 0 Å². The van der Waals surface area contributed by atoms with Crippen LogP contribution in [0.3, 0.4) is 0 Å². The molecule has 1 nitrogen and oxygen atoms in total. The highest BCUT2D eigenvalue weighted by molar-refractivity contribution is 9.10. The van der Waals surface area contributed by atoms with Crippen LogP contribution in [0.15, 0.2) is 16.6 Å². The minimum Gasteiger partial charge on any atom is -0.324 e. The predicted octanol–water partition coefficient (Wildman–Crippen LogP) is 2.75. The zero-order valence-corrected chi connectivity index (χ0v) is 8.03. The molecule has 1 aromatic carbocycles. The van der Waals surface area contributed by atoms with Crippen LogP contribution in [0.2, 0.25) is 0 Å². The fourth-order valence-corrected chi connectivity index (χ4v) is 1.20. The SMILES string of the molecule is C[C@@H](N)c1cc(F)c(Br)cc1F. The Kier molecular flexibility index (Phi) is 2.80. The summed E-state index contributed by atoms with van der Waals surface area (Å²) in [4.78, 5) is 0. The van der Waals surface area contributed by atoms with Crippen LogP contribution in [0.4, 0.5) is 8.78 Å². The van der Waals surface area contributed by atoms with E-state index in [-0.39, 0.29) is 10.0 Å². The van der Waals surface area contributed by atoms with Gasteiger partial charge in [0.15, 0.2) is 0 Å². The van der Waals surface area contributed by atoms with Gasteiger partial charge in [0, 0.05) is 11.6 Å². The average Bonchev–Trinajstić information content (AvgIpc) is 1.96. The molecule has 0 amide bonds. The molecule has 1 aromatic rings. The molecule has 4 heteroatoms. The Balaban J connectivity index is 3.23. The van der Waals surface area contributed by atoms with E-state index in [0.717, 1.165) is 12.1 Å². The second kappa shape index (κ2) is 3.49. The van der Waals surface area contributed by atoms with Crippen LogP contribution < -0.4 is 5.73 Å². The molecule has 2 N–H and O–H groups in total. The molecule has 0 unspecified atom stereocenters. The quantitative estimate of drug-likeness (QED) is 0.745. The number of hydrogen-bond acceptors (Lipinski definition) is 1. The van der Waals surface area contributed by atoms with Gasteiger partial charge in [-0.25, -0.2) is 8.78 Å². The predicted molar refractivity (Wildman–Crippen MR) is 46.7 cm³/mol. The van der Waals surface area contributed by atoms with E-state index in [2.05, 4.69) is 15.9 Å². The Morgan fingerprint density at radius 1 is 1.33 bits per heavy atom. The summed E-state index contributed by atoms with van der Waals surface area (Å²) >= 11 is 2.87. The number of rotatable bonds is 1. The lowest BCUT2D eigenvalue weighted by atomic mass is 10.1. The first-order valence-electron chi connectivity index (χ1n) is 3.42. The van der Waals surface area contributed by atoms with Gasteiger partial charge >= 0.3 is 0 Å². The Labute approximate surface area is 77.7 Å². The lowest BCUT2D eigenvalue weighted by Gasteiger charge is -2.07. The monoisotopic (exact) mass is 235 g/mol. The maximum atomic E-state index is 13.0. The first-order valence-corrected chi connectivity index (χ1v) is 4.21. The van der Waals surface area contributed by atoms with Crippen molar-refractivity contribution in [2.45, 2.75) is 13.0 Å². The first-order chi connectivity index (χ1) is 5.52. The minimum atomic E-state index is -0.497. The maximum Gasteiger partial charge on any atom is 0.137 e. The molecule has 12 heavy (non-hydrogen) atoms. The van der Waals surface area contributed by atoms with Crippen LogP contribution in [0.5, 0.6) is 0 Å². The highest BCUT2D eigenvalue weighted by atomic mass is 79.9. The Morgan fingerprint density at radius 2 is 1.92 bits per heavy atom. The van der Waals surface area contributed by atoms with Gasteiger partial charge in [0.1, 0.15) is 11.6 Å². The lowest BCUT2D eigenvalue weighted by molar-refractivity contribution is 0.567. The second-order valence-electron chi connectivity index (χ2n) is 2.58. The van der Waals surface area contributed by atoms with E-state index in [1.165, 1.54) is 0 Å². The van der Waals surface area contributed by atoms with Crippen LogP contribution in [0, 0.1) is 11.6 Å². The van der Waals surface area contributed by atoms with Crippen molar-refractivity contribution in [3.8, 4) is 0 Å². The summed E-state index contributed by atoms with van der Waals surface area (Å²) in [6, 6.07) is 1.69. The molecular formula is C8H8BrF2N. The third-order valence-electron chi connectivity index (χ3n) is 1.53. The Bertz CT molecular complexity index is 299. The maximum absolute atomic E-state index is 13.0. The van der Waals surface area contributed by atoms with Gasteiger partial charge in [-0.3, -0.25) is 0 Å². The van der Waals surface area contributed by atoms with Crippen LogP contribution in [0.25, 0.3) is 0 Å². The second-order valence-corrected chi connectivity index (χ2v) is 3.43. The van der Waals surface area contributed by atoms with Gasteiger partial charge in [-0.05, 0) is 35.0 Å². The summed E-state index contributed by atoms with van der Waals surface area (Å²) in [5, 5.41) is 0. The molecule has 0 saturated carbocycles. The molecule has 0 heterocycles. The fraction of sp³-hybridized carbons (Fsp3) is 0.250. The van der Waals surface area contributed by atoms with Crippen molar-refractivity contribution in [3.63, 3.8) is 0 Å². The average molecular weight is 236 g/mol. The number of hydrogen-bond donors (Lipinski definition) is 1. The van der Waals surface area contributed by atoms with Crippen molar-refractivity contribution >= 4 is 15.9 Å². The van der Waals surface area contributed by atoms with E-state index in [0.29, 0.717) is 0 Å².